The summed E-state index contributed by atoms with van der Waals surface area (Å²) in [5.41, 5.74) is -0.437. The molecule has 0 amide bonds. The quantitative estimate of drug-likeness (QED) is 0.513. The summed E-state index contributed by atoms with van der Waals surface area (Å²) in [6.45, 7) is 9.01. The molecule has 4 heteroatoms. The molecule has 2 atom stereocenters. The Hall–Kier alpha value is -1.32. The molecular weight excluding hydrogens is 196 g/mol. The molecule has 0 aromatic carbocycles. The van der Waals surface area contributed by atoms with Crippen LogP contribution in [0.4, 0.5) is 0 Å². The number of carbonyl (C=O) groups is 2. The Morgan fingerprint density at radius 3 is 2.80 bits per heavy atom. The minimum absolute atomic E-state index is 0.00139. The fourth-order valence-corrected chi connectivity index (χ4v) is 1.34. The summed E-state index contributed by atoms with van der Waals surface area (Å²) in [5, 5.41) is 0. The predicted octanol–water partition coefficient (Wildman–Crippen LogP) is 1.45. The molecular formula is C11H16O4. The van der Waals surface area contributed by atoms with Crippen molar-refractivity contribution in [1.82, 2.24) is 0 Å². The van der Waals surface area contributed by atoms with Crippen LogP contribution in [-0.2, 0) is 19.1 Å². The number of carbonyl (C=O) groups excluding carboxylic acids is 2. The molecule has 1 heterocycles. The molecule has 15 heavy (non-hydrogen) atoms. The second kappa shape index (κ2) is 4.04. The molecule has 0 spiro atoms. The monoisotopic (exact) mass is 212 g/mol. The van der Waals surface area contributed by atoms with Crippen LogP contribution in [0.3, 0.4) is 0 Å². The van der Waals surface area contributed by atoms with Gasteiger partial charge in [-0.3, -0.25) is 4.79 Å². The summed E-state index contributed by atoms with van der Waals surface area (Å²) in [6, 6.07) is 0. The molecule has 84 valence electrons. The molecule has 1 aliphatic rings. The highest BCUT2D eigenvalue weighted by atomic mass is 16.6. The van der Waals surface area contributed by atoms with Gasteiger partial charge in [-0.05, 0) is 13.8 Å². The van der Waals surface area contributed by atoms with Gasteiger partial charge < -0.3 is 9.47 Å². The van der Waals surface area contributed by atoms with Crippen molar-refractivity contribution in [2.45, 2.75) is 32.8 Å². The zero-order chi connectivity index (χ0) is 11.6. The van der Waals surface area contributed by atoms with Gasteiger partial charge in [-0.2, -0.15) is 0 Å². The molecule has 1 saturated heterocycles. The van der Waals surface area contributed by atoms with Crippen LogP contribution in [-0.4, -0.2) is 24.1 Å². The van der Waals surface area contributed by atoms with E-state index in [1.165, 1.54) is 0 Å². The molecule has 0 unspecified atom stereocenters. The molecule has 1 fully saturated rings. The first-order valence-electron chi connectivity index (χ1n) is 4.89. The maximum Gasteiger partial charge on any atom is 0.333 e. The SMILES string of the molecule is C=C(C)C(=O)O[C@]1(C)CC(=O)OC[C@H]1C. The fourth-order valence-electron chi connectivity index (χ4n) is 1.34. The zero-order valence-electron chi connectivity index (χ0n) is 9.33. The van der Waals surface area contributed by atoms with Crippen LogP contribution < -0.4 is 0 Å². The second-order valence-electron chi connectivity index (χ2n) is 4.24. The van der Waals surface area contributed by atoms with E-state index in [1.807, 2.05) is 6.92 Å². The first kappa shape index (κ1) is 11.8. The highest BCUT2D eigenvalue weighted by Crippen LogP contribution is 2.31. The molecule has 0 bridgehead atoms. The van der Waals surface area contributed by atoms with E-state index in [-0.39, 0.29) is 18.3 Å². The zero-order valence-corrected chi connectivity index (χ0v) is 9.33. The largest absolute Gasteiger partial charge is 0.465 e. The van der Waals surface area contributed by atoms with Crippen LogP contribution in [0.15, 0.2) is 12.2 Å². The molecule has 0 aromatic rings. The average molecular weight is 212 g/mol. The van der Waals surface area contributed by atoms with Crippen molar-refractivity contribution in [1.29, 1.82) is 0 Å². The van der Waals surface area contributed by atoms with Gasteiger partial charge in [-0.15, -0.1) is 0 Å². The summed E-state index contributed by atoms with van der Waals surface area (Å²) in [7, 11) is 0. The van der Waals surface area contributed by atoms with Gasteiger partial charge >= 0.3 is 11.9 Å². The van der Waals surface area contributed by atoms with E-state index < -0.39 is 11.6 Å². The third-order valence-corrected chi connectivity index (χ3v) is 2.71. The van der Waals surface area contributed by atoms with Crippen LogP contribution in [0.5, 0.6) is 0 Å². The Bertz CT molecular complexity index is 308. The Balaban J connectivity index is 2.75. The van der Waals surface area contributed by atoms with Crippen molar-refractivity contribution in [3.63, 3.8) is 0 Å². The van der Waals surface area contributed by atoms with Gasteiger partial charge in [0.15, 0.2) is 0 Å². The van der Waals surface area contributed by atoms with Crippen molar-refractivity contribution in [3.05, 3.63) is 12.2 Å². The van der Waals surface area contributed by atoms with E-state index in [0.29, 0.717) is 12.2 Å². The molecule has 0 radical (unpaired) electrons. The van der Waals surface area contributed by atoms with Crippen molar-refractivity contribution in [3.8, 4) is 0 Å². The van der Waals surface area contributed by atoms with E-state index >= 15 is 0 Å². The van der Waals surface area contributed by atoms with E-state index in [4.69, 9.17) is 9.47 Å². The van der Waals surface area contributed by atoms with E-state index in [2.05, 4.69) is 6.58 Å². The Kier molecular flexibility index (Phi) is 3.17. The van der Waals surface area contributed by atoms with Crippen LogP contribution in [0.2, 0.25) is 0 Å². The Morgan fingerprint density at radius 1 is 1.67 bits per heavy atom. The molecule has 0 aliphatic carbocycles. The number of ether oxygens (including phenoxy) is 2. The van der Waals surface area contributed by atoms with Gasteiger partial charge in [0.25, 0.3) is 0 Å². The minimum Gasteiger partial charge on any atom is -0.465 e. The Labute approximate surface area is 89.2 Å². The highest BCUT2D eigenvalue weighted by molar-refractivity contribution is 5.87. The number of cyclic esters (lactones) is 1. The van der Waals surface area contributed by atoms with Gasteiger partial charge in [0.2, 0.25) is 0 Å². The lowest BCUT2D eigenvalue weighted by Crippen LogP contribution is -2.47. The summed E-state index contributed by atoms with van der Waals surface area (Å²) < 4.78 is 10.2. The fraction of sp³-hybridized carbons (Fsp3) is 0.636. The lowest BCUT2D eigenvalue weighted by molar-refractivity contribution is -0.181. The van der Waals surface area contributed by atoms with Crippen LogP contribution in [0.25, 0.3) is 0 Å². The van der Waals surface area contributed by atoms with E-state index in [9.17, 15) is 9.59 Å². The first-order chi connectivity index (χ1) is 6.85. The molecule has 0 N–H and O–H groups in total. The highest BCUT2D eigenvalue weighted by Gasteiger charge is 2.42. The van der Waals surface area contributed by atoms with Gasteiger partial charge in [-0.25, -0.2) is 4.79 Å². The summed E-state index contributed by atoms with van der Waals surface area (Å²) in [5.74, 6) is -0.789. The normalized spacial score (nSPS) is 30.6. The predicted molar refractivity (Wildman–Crippen MR) is 54.1 cm³/mol. The van der Waals surface area contributed by atoms with Crippen molar-refractivity contribution < 1.29 is 19.1 Å². The third kappa shape index (κ3) is 2.58. The molecule has 4 nitrogen and oxygen atoms in total. The van der Waals surface area contributed by atoms with Gasteiger partial charge in [-0.1, -0.05) is 13.5 Å². The summed E-state index contributed by atoms with van der Waals surface area (Å²) in [6.07, 6.45) is 0.104. The molecule has 0 saturated carbocycles. The topological polar surface area (TPSA) is 52.6 Å². The molecule has 0 aromatic heterocycles. The standard InChI is InChI=1S/C11H16O4/c1-7(2)10(13)15-11(4)5-9(12)14-6-8(11)3/h8H,1,5-6H2,2-4H3/t8-,11-/m1/s1. The minimum atomic E-state index is -0.772. The number of hydrogen-bond donors (Lipinski definition) is 0. The van der Waals surface area contributed by atoms with Crippen LogP contribution in [0.1, 0.15) is 27.2 Å². The smallest absolute Gasteiger partial charge is 0.333 e. The van der Waals surface area contributed by atoms with Crippen molar-refractivity contribution in [2.24, 2.45) is 5.92 Å². The second-order valence-corrected chi connectivity index (χ2v) is 4.24. The van der Waals surface area contributed by atoms with Crippen LogP contribution in [0, 0.1) is 5.92 Å². The lowest BCUT2D eigenvalue weighted by atomic mass is 9.86. The number of hydrogen-bond acceptors (Lipinski definition) is 4. The van der Waals surface area contributed by atoms with Crippen LogP contribution >= 0.6 is 0 Å². The summed E-state index contributed by atoms with van der Waals surface area (Å²) >= 11 is 0. The maximum atomic E-state index is 11.4. The Morgan fingerprint density at radius 2 is 2.27 bits per heavy atom. The molecule has 1 rings (SSSR count). The van der Waals surface area contributed by atoms with Crippen molar-refractivity contribution in [2.75, 3.05) is 6.61 Å². The summed E-state index contributed by atoms with van der Waals surface area (Å²) in [4.78, 5) is 22.5. The first-order valence-corrected chi connectivity index (χ1v) is 4.89. The number of rotatable bonds is 2. The van der Waals surface area contributed by atoms with E-state index in [0.717, 1.165) is 0 Å². The van der Waals surface area contributed by atoms with Gasteiger partial charge in [0.1, 0.15) is 5.60 Å². The average Bonchev–Trinajstić information content (AvgIpc) is 2.11. The van der Waals surface area contributed by atoms with Crippen molar-refractivity contribution >= 4 is 11.9 Å². The van der Waals surface area contributed by atoms with Gasteiger partial charge in [0, 0.05) is 11.5 Å². The third-order valence-electron chi connectivity index (χ3n) is 2.71. The lowest BCUT2D eigenvalue weighted by Gasteiger charge is -2.37. The van der Waals surface area contributed by atoms with Gasteiger partial charge in [0.05, 0.1) is 13.0 Å². The maximum absolute atomic E-state index is 11.4. The number of esters is 2. The van der Waals surface area contributed by atoms with E-state index in [1.54, 1.807) is 13.8 Å². The molecule has 1 aliphatic heterocycles.